The predicted molar refractivity (Wildman–Crippen MR) is 110 cm³/mol. The van der Waals surface area contributed by atoms with E-state index in [1.165, 1.54) is 11.1 Å². The van der Waals surface area contributed by atoms with Gasteiger partial charge in [0.1, 0.15) is 12.4 Å². The topological polar surface area (TPSA) is 51.2 Å². The molecule has 4 nitrogen and oxygen atoms in total. The molecule has 1 N–H and O–H groups in total. The molecular formula is C23H28N2O2. The largest absolute Gasteiger partial charge is 0.490 e. The summed E-state index contributed by atoms with van der Waals surface area (Å²) < 4.78 is 5.74. The van der Waals surface area contributed by atoms with Crippen LogP contribution in [0.5, 0.6) is 5.75 Å². The molecule has 0 fully saturated rings. The van der Waals surface area contributed by atoms with Gasteiger partial charge in [0, 0.05) is 24.5 Å². The number of rotatable bonds is 9. The molecule has 1 heterocycles. The summed E-state index contributed by atoms with van der Waals surface area (Å²) in [5, 5.41) is 2.90. The summed E-state index contributed by atoms with van der Waals surface area (Å²) in [6.45, 7) is 7.37. The van der Waals surface area contributed by atoms with Crippen LogP contribution in [0.3, 0.4) is 0 Å². The number of nitrogens with one attached hydrogen (secondary N) is 1. The molecular weight excluding hydrogens is 336 g/mol. The maximum atomic E-state index is 12.2. The standard InChI is InChI=1S/C23H28N2O2/c1-18(2)5-4-6-19(3)13-16-27-22-9-7-21(8-10-22)23(26)25-17-20-11-14-24-15-12-20/h5,7-15H,4,6,16-17H2,1-3H3,(H,25,26). The summed E-state index contributed by atoms with van der Waals surface area (Å²) in [7, 11) is 0. The lowest BCUT2D eigenvalue weighted by Gasteiger charge is -2.07. The Hall–Kier alpha value is -2.88. The van der Waals surface area contributed by atoms with Crippen molar-refractivity contribution in [2.75, 3.05) is 6.61 Å². The second kappa shape index (κ2) is 11.0. The van der Waals surface area contributed by atoms with E-state index in [0.717, 1.165) is 24.2 Å². The van der Waals surface area contributed by atoms with Crippen LogP contribution in [0.1, 0.15) is 49.5 Å². The molecule has 27 heavy (non-hydrogen) atoms. The van der Waals surface area contributed by atoms with E-state index in [9.17, 15) is 4.79 Å². The molecule has 0 aliphatic heterocycles. The van der Waals surface area contributed by atoms with E-state index < -0.39 is 0 Å². The third-order valence-corrected chi connectivity index (χ3v) is 4.09. The first kappa shape index (κ1) is 20.4. The number of aromatic nitrogens is 1. The molecule has 1 amide bonds. The zero-order valence-corrected chi connectivity index (χ0v) is 16.4. The first-order valence-electron chi connectivity index (χ1n) is 9.23. The van der Waals surface area contributed by atoms with E-state index >= 15 is 0 Å². The van der Waals surface area contributed by atoms with Crippen LogP contribution in [0.4, 0.5) is 0 Å². The number of amides is 1. The Balaban J connectivity index is 1.77. The van der Waals surface area contributed by atoms with E-state index in [4.69, 9.17) is 4.74 Å². The van der Waals surface area contributed by atoms with Gasteiger partial charge in [0.2, 0.25) is 0 Å². The van der Waals surface area contributed by atoms with Crippen LogP contribution in [0.2, 0.25) is 0 Å². The number of nitrogens with zero attached hydrogens (tertiary/aromatic N) is 1. The van der Waals surface area contributed by atoms with Crippen molar-refractivity contribution in [2.45, 2.75) is 40.2 Å². The summed E-state index contributed by atoms with van der Waals surface area (Å²) in [5.41, 5.74) is 4.30. The molecule has 1 aromatic carbocycles. The van der Waals surface area contributed by atoms with Crippen molar-refractivity contribution in [1.29, 1.82) is 0 Å². The fourth-order valence-corrected chi connectivity index (χ4v) is 2.46. The summed E-state index contributed by atoms with van der Waals surface area (Å²) in [6, 6.07) is 11.0. The minimum atomic E-state index is -0.103. The molecule has 0 bridgehead atoms. The molecule has 2 rings (SSSR count). The van der Waals surface area contributed by atoms with Crippen molar-refractivity contribution < 1.29 is 9.53 Å². The van der Waals surface area contributed by atoms with E-state index in [1.807, 2.05) is 24.3 Å². The monoisotopic (exact) mass is 364 g/mol. The van der Waals surface area contributed by atoms with Gasteiger partial charge in [0.15, 0.2) is 0 Å². The lowest BCUT2D eigenvalue weighted by Crippen LogP contribution is -2.22. The molecule has 2 aromatic rings. The van der Waals surface area contributed by atoms with E-state index in [2.05, 4.69) is 43.2 Å². The van der Waals surface area contributed by atoms with Crippen LogP contribution in [-0.2, 0) is 6.54 Å². The number of allylic oxidation sites excluding steroid dienone is 3. The normalized spacial score (nSPS) is 11.0. The van der Waals surface area contributed by atoms with Crippen LogP contribution in [0.15, 0.2) is 72.1 Å². The third kappa shape index (κ3) is 7.90. The minimum Gasteiger partial charge on any atom is -0.490 e. The Morgan fingerprint density at radius 1 is 1.04 bits per heavy atom. The number of hydrogen-bond donors (Lipinski definition) is 1. The smallest absolute Gasteiger partial charge is 0.251 e. The number of pyridine rings is 1. The van der Waals surface area contributed by atoms with Crippen LogP contribution in [-0.4, -0.2) is 17.5 Å². The molecule has 0 radical (unpaired) electrons. The van der Waals surface area contributed by atoms with Gasteiger partial charge in [-0.15, -0.1) is 0 Å². The fourth-order valence-electron chi connectivity index (χ4n) is 2.46. The van der Waals surface area contributed by atoms with Gasteiger partial charge in [-0.2, -0.15) is 0 Å². The van der Waals surface area contributed by atoms with E-state index in [1.54, 1.807) is 24.5 Å². The summed E-state index contributed by atoms with van der Waals surface area (Å²) in [5.74, 6) is 0.655. The third-order valence-electron chi connectivity index (χ3n) is 4.09. The van der Waals surface area contributed by atoms with Gasteiger partial charge in [-0.25, -0.2) is 0 Å². The summed E-state index contributed by atoms with van der Waals surface area (Å²) >= 11 is 0. The van der Waals surface area contributed by atoms with Gasteiger partial charge in [-0.05, 0) is 81.7 Å². The summed E-state index contributed by atoms with van der Waals surface area (Å²) in [4.78, 5) is 16.2. The van der Waals surface area contributed by atoms with Crippen molar-refractivity contribution in [2.24, 2.45) is 0 Å². The quantitative estimate of drug-likeness (QED) is 0.631. The molecule has 1 aromatic heterocycles. The first-order valence-corrected chi connectivity index (χ1v) is 9.23. The van der Waals surface area contributed by atoms with Crippen molar-refractivity contribution >= 4 is 5.91 Å². The summed E-state index contributed by atoms with van der Waals surface area (Å²) in [6.07, 6.45) is 9.89. The predicted octanol–water partition coefficient (Wildman–Crippen LogP) is 5.08. The Morgan fingerprint density at radius 3 is 2.41 bits per heavy atom. The maximum absolute atomic E-state index is 12.2. The van der Waals surface area contributed by atoms with Crippen LogP contribution in [0.25, 0.3) is 0 Å². The van der Waals surface area contributed by atoms with Crippen molar-refractivity contribution in [1.82, 2.24) is 10.3 Å². The number of hydrogen-bond acceptors (Lipinski definition) is 3. The number of carbonyl (C=O) groups is 1. The van der Waals surface area contributed by atoms with Crippen LogP contribution in [0, 0.1) is 0 Å². The van der Waals surface area contributed by atoms with Gasteiger partial charge >= 0.3 is 0 Å². The highest BCUT2D eigenvalue weighted by Crippen LogP contribution is 2.13. The Kier molecular flexibility index (Phi) is 8.30. The molecule has 0 aliphatic rings. The molecule has 0 saturated heterocycles. The Labute approximate surface area is 162 Å². The van der Waals surface area contributed by atoms with Crippen LogP contribution >= 0.6 is 0 Å². The second-order valence-electron chi connectivity index (χ2n) is 6.74. The van der Waals surface area contributed by atoms with Crippen molar-refractivity contribution in [3.05, 3.63) is 83.2 Å². The average Bonchev–Trinajstić information content (AvgIpc) is 2.67. The average molecular weight is 364 g/mol. The first-order chi connectivity index (χ1) is 13.0. The van der Waals surface area contributed by atoms with Gasteiger partial charge in [0.05, 0.1) is 0 Å². The van der Waals surface area contributed by atoms with E-state index in [0.29, 0.717) is 18.7 Å². The van der Waals surface area contributed by atoms with Crippen molar-refractivity contribution in [3.63, 3.8) is 0 Å². The highest BCUT2D eigenvalue weighted by molar-refractivity contribution is 5.94. The van der Waals surface area contributed by atoms with E-state index in [-0.39, 0.29) is 5.91 Å². The zero-order valence-electron chi connectivity index (χ0n) is 16.4. The van der Waals surface area contributed by atoms with Gasteiger partial charge in [-0.1, -0.05) is 17.2 Å². The number of benzene rings is 1. The minimum absolute atomic E-state index is 0.103. The van der Waals surface area contributed by atoms with Crippen LogP contribution < -0.4 is 10.1 Å². The zero-order chi connectivity index (χ0) is 19.5. The van der Waals surface area contributed by atoms with Gasteiger partial charge in [-0.3, -0.25) is 9.78 Å². The number of carbonyl (C=O) groups excluding carboxylic acids is 1. The number of ether oxygens (including phenoxy) is 1. The van der Waals surface area contributed by atoms with Gasteiger partial charge in [0.25, 0.3) is 5.91 Å². The van der Waals surface area contributed by atoms with Gasteiger partial charge < -0.3 is 10.1 Å². The molecule has 142 valence electrons. The lowest BCUT2D eigenvalue weighted by molar-refractivity contribution is 0.0951. The highest BCUT2D eigenvalue weighted by atomic mass is 16.5. The Bertz CT molecular complexity index is 774. The highest BCUT2D eigenvalue weighted by Gasteiger charge is 2.05. The second-order valence-corrected chi connectivity index (χ2v) is 6.74. The molecule has 0 unspecified atom stereocenters. The lowest BCUT2D eigenvalue weighted by atomic mass is 10.1. The Morgan fingerprint density at radius 2 is 1.74 bits per heavy atom. The molecule has 0 atom stereocenters. The van der Waals surface area contributed by atoms with Crippen molar-refractivity contribution in [3.8, 4) is 5.75 Å². The molecule has 0 spiro atoms. The molecule has 0 saturated carbocycles. The fraction of sp³-hybridized carbons (Fsp3) is 0.304. The molecule has 4 heteroatoms. The SMILES string of the molecule is CC(C)=CCCC(C)=CCOc1ccc(C(=O)NCc2ccncc2)cc1. The maximum Gasteiger partial charge on any atom is 0.251 e. The molecule has 0 aliphatic carbocycles.